The van der Waals surface area contributed by atoms with E-state index in [2.05, 4.69) is 46.5 Å². The smallest absolute Gasteiger partial charge is 0.217 e. The molecular weight excluding hydrogens is 372 g/mol. The molecule has 0 radical (unpaired) electrons. The van der Waals surface area contributed by atoms with E-state index in [1.807, 2.05) is 42.5 Å². The van der Waals surface area contributed by atoms with Gasteiger partial charge in [0.1, 0.15) is 24.0 Å². The van der Waals surface area contributed by atoms with E-state index in [0.717, 1.165) is 49.9 Å². The summed E-state index contributed by atoms with van der Waals surface area (Å²) in [5.74, 6) is 0.248. The third-order valence-electron chi connectivity index (χ3n) is 6.33. The number of benzene rings is 4. The zero-order chi connectivity index (χ0) is 20.0. The van der Waals surface area contributed by atoms with Gasteiger partial charge in [0.05, 0.1) is 33.1 Å². The Morgan fingerprint density at radius 1 is 0.700 bits per heavy atom. The van der Waals surface area contributed by atoms with E-state index in [1.165, 1.54) is 10.9 Å². The molecule has 5 aromatic rings. The molecule has 142 valence electrons. The molecule has 4 heteroatoms. The Hall–Kier alpha value is -4.05. The monoisotopic (exact) mass is 389 g/mol. The highest BCUT2D eigenvalue weighted by Gasteiger charge is 2.30. The van der Waals surface area contributed by atoms with Gasteiger partial charge in [0, 0.05) is 17.7 Å². The van der Waals surface area contributed by atoms with Crippen LogP contribution in [0.1, 0.15) is 0 Å². The number of rotatable bonds is 1. The standard InChI is InChI=1S/C26H16N2O2/c1-27-16-8-4-10-18-23(16)26-24-17(27)9-5-13-21(24)30-22-14-6-11-19(25(22)26)28(18)15-7-2-3-12-20(15)29/h2-14H,1H3/p+1. The normalized spacial score (nSPS) is 12.3. The average molecular weight is 389 g/mol. The van der Waals surface area contributed by atoms with Crippen LogP contribution in [0.25, 0.3) is 60.8 Å². The van der Waals surface area contributed by atoms with Gasteiger partial charge in [0.25, 0.3) is 0 Å². The predicted octanol–water partition coefficient (Wildman–Crippen LogP) is 5.76. The van der Waals surface area contributed by atoms with E-state index < -0.39 is 0 Å². The minimum Gasteiger partial charge on any atom is -0.506 e. The summed E-state index contributed by atoms with van der Waals surface area (Å²) in [5, 5.41) is 13.0. The maximum Gasteiger partial charge on any atom is 0.217 e. The van der Waals surface area contributed by atoms with Crippen molar-refractivity contribution >= 4 is 44.0 Å². The molecule has 3 heterocycles. The van der Waals surface area contributed by atoms with Crippen molar-refractivity contribution in [1.29, 1.82) is 0 Å². The maximum absolute atomic E-state index is 10.7. The third kappa shape index (κ3) is 1.75. The molecule has 0 aliphatic carbocycles. The molecule has 1 aromatic heterocycles. The van der Waals surface area contributed by atoms with Crippen molar-refractivity contribution in [2.45, 2.75) is 0 Å². The van der Waals surface area contributed by atoms with E-state index in [9.17, 15) is 5.11 Å². The van der Waals surface area contributed by atoms with Gasteiger partial charge in [-0.3, -0.25) is 0 Å². The number of hydrogen-bond acceptors (Lipinski definition) is 2. The SMILES string of the molecule is C[n+]1c2cccc3oc4cccc5c4-c(c32)c2c(cccc21)n5-c1ccccc1O. The molecule has 0 atom stereocenters. The van der Waals surface area contributed by atoms with Crippen LogP contribution in [-0.2, 0) is 7.05 Å². The van der Waals surface area contributed by atoms with Crippen molar-refractivity contribution in [3.05, 3.63) is 78.9 Å². The van der Waals surface area contributed by atoms with Gasteiger partial charge in [-0.25, -0.2) is 0 Å². The second kappa shape index (κ2) is 5.30. The Kier molecular flexibility index (Phi) is 2.80. The summed E-state index contributed by atoms with van der Waals surface area (Å²) in [6.07, 6.45) is 0. The Morgan fingerprint density at radius 3 is 2.27 bits per heavy atom. The lowest BCUT2D eigenvalue weighted by Gasteiger charge is -2.24. The van der Waals surface area contributed by atoms with Gasteiger partial charge in [0.2, 0.25) is 11.0 Å². The van der Waals surface area contributed by atoms with Crippen LogP contribution in [-0.4, -0.2) is 9.67 Å². The van der Waals surface area contributed by atoms with Gasteiger partial charge in [-0.2, -0.15) is 4.57 Å². The molecule has 0 spiro atoms. The third-order valence-corrected chi connectivity index (χ3v) is 6.33. The largest absolute Gasteiger partial charge is 0.506 e. The first-order valence-electron chi connectivity index (χ1n) is 10.0. The molecule has 1 N–H and O–H groups in total. The Morgan fingerprint density at radius 2 is 1.40 bits per heavy atom. The second-order valence-electron chi connectivity index (χ2n) is 7.83. The van der Waals surface area contributed by atoms with Crippen LogP contribution in [0.3, 0.4) is 0 Å². The lowest BCUT2D eigenvalue weighted by molar-refractivity contribution is -0.617. The summed E-state index contributed by atoms with van der Waals surface area (Å²) in [6.45, 7) is 0. The fourth-order valence-corrected chi connectivity index (χ4v) is 5.09. The number of phenols is 1. The van der Waals surface area contributed by atoms with Crippen molar-refractivity contribution in [2.24, 2.45) is 7.05 Å². The highest BCUT2D eigenvalue weighted by atomic mass is 16.3. The first kappa shape index (κ1) is 15.8. The summed E-state index contributed by atoms with van der Waals surface area (Å²) < 4.78 is 10.7. The highest BCUT2D eigenvalue weighted by Crippen LogP contribution is 2.48. The molecule has 4 aromatic carbocycles. The molecule has 2 aliphatic rings. The molecule has 0 fully saturated rings. The van der Waals surface area contributed by atoms with Gasteiger partial charge < -0.3 is 14.1 Å². The van der Waals surface area contributed by atoms with Crippen molar-refractivity contribution < 1.29 is 14.1 Å². The van der Waals surface area contributed by atoms with E-state index in [1.54, 1.807) is 6.07 Å². The fourth-order valence-electron chi connectivity index (χ4n) is 5.09. The number of pyridine rings is 2. The Balaban J connectivity index is 1.90. The average Bonchev–Trinajstić information content (AvgIpc) is 2.78. The lowest BCUT2D eigenvalue weighted by Crippen LogP contribution is -2.31. The maximum atomic E-state index is 10.7. The molecule has 7 rings (SSSR count). The molecule has 0 saturated carbocycles. The summed E-state index contributed by atoms with van der Waals surface area (Å²) in [4.78, 5) is 0. The van der Waals surface area contributed by atoms with E-state index in [4.69, 9.17) is 4.42 Å². The Bertz CT molecular complexity index is 1720. The lowest BCUT2D eigenvalue weighted by atomic mass is 9.90. The topological polar surface area (TPSA) is 42.2 Å². The number of aryl methyl sites for hydroxylation is 1. The van der Waals surface area contributed by atoms with Gasteiger partial charge in [-0.05, 0) is 36.4 Å². The van der Waals surface area contributed by atoms with Crippen LogP contribution >= 0.6 is 0 Å². The van der Waals surface area contributed by atoms with E-state index >= 15 is 0 Å². The van der Waals surface area contributed by atoms with Crippen molar-refractivity contribution in [3.8, 4) is 22.6 Å². The van der Waals surface area contributed by atoms with Gasteiger partial charge >= 0.3 is 0 Å². The zero-order valence-electron chi connectivity index (χ0n) is 16.3. The number of para-hydroxylation sites is 2. The summed E-state index contributed by atoms with van der Waals surface area (Å²) in [7, 11) is 2.10. The van der Waals surface area contributed by atoms with Crippen LogP contribution in [0, 0.1) is 0 Å². The highest BCUT2D eigenvalue weighted by molar-refractivity contribution is 6.24. The Labute approximate surface area is 171 Å². The van der Waals surface area contributed by atoms with Crippen LogP contribution in [0.2, 0.25) is 0 Å². The van der Waals surface area contributed by atoms with Crippen molar-refractivity contribution in [2.75, 3.05) is 0 Å². The molecule has 4 nitrogen and oxygen atoms in total. The zero-order valence-corrected chi connectivity index (χ0v) is 16.3. The summed E-state index contributed by atoms with van der Waals surface area (Å²) in [6, 6.07) is 26.2. The van der Waals surface area contributed by atoms with Crippen molar-refractivity contribution in [3.63, 3.8) is 0 Å². The first-order chi connectivity index (χ1) is 14.7. The molecule has 0 bridgehead atoms. The molecular formula is C26H17N2O2+. The van der Waals surface area contributed by atoms with Gasteiger partial charge in [-0.1, -0.05) is 30.3 Å². The number of aromatic nitrogens is 2. The van der Waals surface area contributed by atoms with Crippen LogP contribution in [0.4, 0.5) is 0 Å². The quantitative estimate of drug-likeness (QED) is 0.220. The predicted molar refractivity (Wildman–Crippen MR) is 119 cm³/mol. The minimum absolute atomic E-state index is 0.248. The summed E-state index contributed by atoms with van der Waals surface area (Å²) in [5.41, 5.74) is 9.14. The van der Waals surface area contributed by atoms with Crippen LogP contribution in [0.15, 0.2) is 83.3 Å². The number of nitrogens with zero attached hydrogens (tertiary/aromatic N) is 2. The molecule has 2 aliphatic heterocycles. The minimum atomic E-state index is 0.248. The van der Waals surface area contributed by atoms with E-state index in [0.29, 0.717) is 0 Å². The fraction of sp³-hybridized carbons (Fsp3) is 0.0385. The van der Waals surface area contributed by atoms with Gasteiger partial charge in [0.15, 0.2) is 0 Å². The number of phenolic OH excluding ortho intramolecular Hbond substituents is 1. The summed E-state index contributed by atoms with van der Waals surface area (Å²) >= 11 is 0. The first-order valence-corrected chi connectivity index (χ1v) is 10.0. The second-order valence-corrected chi connectivity index (χ2v) is 7.83. The molecule has 0 saturated heterocycles. The molecule has 0 amide bonds. The van der Waals surface area contributed by atoms with Crippen LogP contribution < -0.4 is 4.57 Å². The van der Waals surface area contributed by atoms with Gasteiger partial charge in [-0.15, -0.1) is 0 Å². The van der Waals surface area contributed by atoms with E-state index in [-0.39, 0.29) is 5.75 Å². The number of hydrogen-bond donors (Lipinski definition) is 1. The number of aromatic hydroxyl groups is 1. The molecule has 0 unspecified atom stereocenters. The van der Waals surface area contributed by atoms with Crippen molar-refractivity contribution in [1.82, 2.24) is 4.57 Å². The van der Waals surface area contributed by atoms with Crippen LogP contribution in [0.5, 0.6) is 5.75 Å². The molecule has 30 heavy (non-hydrogen) atoms.